The molecule has 8 nitrogen and oxygen atoms in total. The number of hydrogen-bond acceptors (Lipinski definition) is 7. The molecule has 134 valence electrons. The lowest BCUT2D eigenvalue weighted by atomic mass is 10.2. The van der Waals surface area contributed by atoms with E-state index in [2.05, 4.69) is 15.3 Å². The third-order valence-electron chi connectivity index (χ3n) is 3.51. The number of benzene rings is 2. The first-order chi connectivity index (χ1) is 12.3. The van der Waals surface area contributed by atoms with Gasteiger partial charge >= 0.3 is 0 Å². The zero-order valence-corrected chi connectivity index (χ0v) is 15.2. The quantitative estimate of drug-likeness (QED) is 0.656. The van der Waals surface area contributed by atoms with Crippen molar-refractivity contribution in [1.82, 2.24) is 9.19 Å². The first-order valence-electron chi connectivity index (χ1n) is 7.42. The Labute approximate surface area is 155 Å². The molecule has 0 amide bonds. The number of hydrogen-bond donors (Lipinski definition) is 2. The Balaban J connectivity index is 2.01. The summed E-state index contributed by atoms with van der Waals surface area (Å²) in [5.74, 6) is -0.377. The van der Waals surface area contributed by atoms with Gasteiger partial charge in [0.25, 0.3) is 10.0 Å². The molecule has 3 aromatic rings. The molecule has 0 aliphatic heterocycles. The predicted octanol–water partition coefficient (Wildman–Crippen LogP) is 3.66. The molecule has 0 fully saturated rings. The van der Waals surface area contributed by atoms with Crippen LogP contribution in [-0.4, -0.2) is 17.6 Å². The van der Waals surface area contributed by atoms with Crippen LogP contribution in [0, 0.1) is 6.92 Å². The van der Waals surface area contributed by atoms with Gasteiger partial charge in [0.1, 0.15) is 0 Å². The number of halogens is 1. The minimum Gasteiger partial charge on any atom is -0.381 e. The van der Waals surface area contributed by atoms with Crippen molar-refractivity contribution in [2.45, 2.75) is 11.8 Å². The van der Waals surface area contributed by atoms with Crippen molar-refractivity contribution >= 4 is 44.6 Å². The van der Waals surface area contributed by atoms with E-state index in [0.29, 0.717) is 14.8 Å². The third-order valence-corrected chi connectivity index (χ3v) is 5.35. The lowest BCUT2D eigenvalue weighted by Crippen LogP contribution is -2.17. The van der Waals surface area contributed by atoms with Crippen LogP contribution in [0.4, 0.5) is 23.0 Å². The van der Waals surface area contributed by atoms with Crippen molar-refractivity contribution in [1.29, 1.82) is 0 Å². The van der Waals surface area contributed by atoms with E-state index in [-0.39, 0.29) is 22.2 Å². The Kier molecular flexibility index (Phi) is 4.66. The van der Waals surface area contributed by atoms with Gasteiger partial charge in [-0.2, -0.15) is 13.5 Å². The fraction of sp³-hybridized carbons (Fsp3) is 0.0625. The number of nitrogens with two attached hydrogens (primary N) is 2. The zero-order valence-electron chi connectivity index (χ0n) is 13.7. The molecule has 1 heterocycles. The molecule has 0 saturated carbocycles. The highest BCUT2D eigenvalue weighted by Gasteiger charge is 2.25. The minimum atomic E-state index is -4.00. The Morgan fingerprint density at radius 2 is 1.77 bits per heavy atom. The molecule has 0 spiro atoms. The van der Waals surface area contributed by atoms with Crippen LogP contribution in [0.15, 0.2) is 63.7 Å². The molecule has 2 aromatic carbocycles. The standard InChI is InChI=1S/C16H15ClN6O2S/c1-10-5-7-13(8-6-10)26(24,25)23-16(19)14(15(18)22-23)21-20-12-4-2-3-11(17)9-12/h2-9H,19H2,1H3,(H2,18,22). The minimum absolute atomic E-state index is 0.0272. The van der Waals surface area contributed by atoms with Crippen molar-refractivity contribution in [2.24, 2.45) is 10.2 Å². The molecule has 10 heteroatoms. The summed E-state index contributed by atoms with van der Waals surface area (Å²) < 4.78 is 26.1. The van der Waals surface area contributed by atoms with E-state index in [1.54, 1.807) is 36.4 Å². The Bertz CT molecular complexity index is 1090. The lowest BCUT2D eigenvalue weighted by molar-refractivity contribution is 0.581. The van der Waals surface area contributed by atoms with Crippen LogP contribution in [-0.2, 0) is 10.0 Å². The summed E-state index contributed by atoms with van der Waals surface area (Å²) in [6, 6.07) is 12.9. The molecular formula is C16H15ClN6O2S. The van der Waals surface area contributed by atoms with Crippen molar-refractivity contribution < 1.29 is 8.42 Å². The fourth-order valence-corrected chi connectivity index (χ4v) is 3.57. The van der Waals surface area contributed by atoms with Gasteiger partial charge in [0.15, 0.2) is 17.3 Å². The van der Waals surface area contributed by atoms with E-state index >= 15 is 0 Å². The first-order valence-corrected chi connectivity index (χ1v) is 9.24. The Hall–Kier alpha value is -2.91. The van der Waals surface area contributed by atoms with Gasteiger partial charge in [-0.1, -0.05) is 35.4 Å². The summed E-state index contributed by atoms with van der Waals surface area (Å²) in [5.41, 5.74) is 13.1. The highest BCUT2D eigenvalue weighted by molar-refractivity contribution is 7.90. The van der Waals surface area contributed by atoms with Crippen LogP contribution in [0.2, 0.25) is 5.02 Å². The van der Waals surface area contributed by atoms with Crippen LogP contribution >= 0.6 is 11.6 Å². The van der Waals surface area contributed by atoms with Crippen LogP contribution in [0.1, 0.15) is 5.56 Å². The van der Waals surface area contributed by atoms with E-state index in [1.807, 2.05) is 6.92 Å². The fourth-order valence-electron chi connectivity index (χ4n) is 2.16. The summed E-state index contributed by atoms with van der Waals surface area (Å²) in [7, 11) is -4.00. The second-order valence-electron chi connectivity index (χ2n) is 5.46. The Morgan fingerprint density at radius 1 is 1.08 bits per heavy atom. The summed E-state index contributed by atoms with van der Waals surface area (Å²) in [6.07, 6.45) is 0. The number of azo groups is 1. The zero-order chi connectivity index (χ0) is 18.9. The maximum atomic E-state index is 12.7. The smallest absolute Gasteiger partial charge is 0.284 e. The summed E-state index contributed by atoms with van der Waals surface area (Å²) >= 11 is 5.89. The van der Waals surface area contributed by atoms with Gasteiger partial charge in [-0.15, -0.1) is 14.3 Å². The van der Waals surface area contributed by atoms with Gasteiger partial charge in [-0.3, -0.25) is 0 Å². The van der Waals surface area contributed by atoms with Gasteiger partial charge in [0.2, 0.25) is 0 Å². The third kappa shape index (κ3) is 3.39. The van der Waals surface area contributed by atoms with Gasteiger partial charge in [-0.05, 0) is 37.3 Å². The molecule has 0 bridgehead atoms. The topological polar surface area (TPSA) is 129 Å². The molecule has 0 aliphatic rings. The highest BCUT2D eigenvalue weighted by atomic mass is 35.5. The maximum Gasteiger partial charge on any atom is 0.284 e. The predicted molar refractivity (Wildman–Crippen MR) is 100 cm³/mol. The number of nitrogen functional groups attached to an aromatic ring is 2. The summed E-state index contributed by atoms with van der Waals surface area (Å²) in [4.78, 5) is 0.0376. The molecule has 26 heavy (non-hydrogen) atoms. The lowest BCUT2D eigenvalue weighted by Gasteiger charge is -2.06. The molecule has 0 aliphatic carbocycles. The number of aromatic nitrogens is 2. The van der Waals surface area contributed by atoms with E-state index < -0.39 is 10.0 Å². The van der Waals surface area contributed by atoms with E-state index in [1.165, 1.54) is 12.1 Å². The monoisotopic (exact) mass is 390 g/mol. The molecule has 0 saturated heterocycles. The normalized spacial score (nSPS) is 11.9. The van der Waals surface area contributed by atoms with Crippen LogP contribution in [0.25, 0.3) is 0 Å². The van der Waals surface area contributed by atoms with Crippen molar-refractivity contribution in [2.75, 3.05) is 11.5 Å². The van der Waals surface area contributed by atoms with Gasteiger partial charge in [-0.25, -0.2) is 0 Å². The Morgan fingerprint density at radius 3 is 2.42 bits per heavy atom. The van der Waals surface area contributed by atoms with Crippen LogP contribution in [0.5, 0.6) is 0 Å². The van der Waals surface area contributed by atoms with E-state index in [9.17, 15) is 8.42 Å². The van der Waals surface area contributed by atoms with Gasteiger partial charge in [0, 0.05) is 5.02 Å². The number of aryl methyl sites for hydroxylation is 1. The van der Waals surface area contributed by atoms with E-state index in [0.717, 1.165) is 5.56 Å². The van der Waals surface area contributed by atoms with Crippen molar-refractivity contribution in [3.8, 4) is 0 Å². The second kappa shape index (κ2) is 6.77. The molecule has 0 atom stereocenters. The highest BCUT2D eigenvalue weighted by Crippen LogP contribution is 2.33. The maximum absolute atomic E-state index is 12.7. The van der Waals surface area contributed by atoms with Crippen LogP contribution < -0.4 is 11.5 Å². The average molecular weight is 391 g/mol. The van der Waals surface area contributed by atoms with Crippen molar-refractivity contribution in [3.05, 3.63) is 59.1 Å². The van der Waals surface area contributed by atoms with Crippen LogP contribution in [0.3, 0.4) is 0 Å². The molecule has 1 aromatic heterocycles. The largest absolute Gasteiger partial charge is 0.381 e. The average Bonchev–Trinajstić information content (AvgIpc) is 2.88. The molecule has 0 unspecified atom stereocenters. The summed E-state index contributed by atoms with van der Waals surface area (Å²) in [5, 5.41) is 12.2. The van der Waals surface area contributed by atoms with Crippen molar-refractivity contribution in [3.63, 3.8) is 0 Å². The summed E-state index contributed by atoms with van der Waals surface area (Å²) in [6.45, 7) is 1.85. The number of anilines is 2. The molecule has 0 radical (unpaired) electrons. The van der Waals surface area contributed by atoms with E-state index in [4.69, 9.17) is 23.1 Å². The first kappa shape index (κ1) is 17.9. The SMILES string of the molecule is Cc1ccc(S(=O)(=O)n2nc(N)c(N=Nc3cccc(Cl)c3)c2N)cc1. The van der Waals surface area contributed by atoms with Gasteiger partial charge < -0.3 is 11.5 Å². The molecular weight excluding hydrogens is 376 g/mol. The van der Waals surface area contributed by atoms with Gasteiger partial charge in [0.05, 0.1) is 10.6 Å². The number of rotatable bonds is 4. The molecule has 4 N–H and O–H groups in total. The second-order valence-corrected chi connectivity index (χ2v) is 7.66. The number of nitrogens with zero attached hydrogens (tertiary/aromatic N) is 4. The molecule has 3 rings (SSSR count).